The minimum absolute atomic E-state index is 0.0167. The smallest absolute Gasteiger partial charge is 0.318 e. The molecule has 30 heavy (non-hydrogen) atoms. The number of para-hydroxylation sites is 1. The number of hydrogen-bond donors (Lipinski definition) is 1. The van der Waals surface area contributed by atoms with Gasteiger partial charge < -0.3 is 19.9 Å². The van der Waals surface area contributed by atoms with Crippen molar-refractivity contribution in [1.82, 2.24) is 15.1 Å². The van der Waals surface area contributed by atoms with Crippen molar-refractivity contribution in [3.8, 4) is 5.75 Å². The molecule has 2 aromatic rings. The molecule has 1 aromatic heterocycles. The molecule has 0 fully saturated rings. The molecule has 0 radical (unpaired) electrons. The fraction of sp³-hybridized carbons (Fsp3) is 0.391. The predicted octanol–water partition coefficient (Wildman–Crippen LogP) is 3.86. The number of hydrogen-bond acceptors (Lipinski definition) is 4. The van der Waals surface area contributed by atoms with Crippen molar-refractivity contribution in [3.63, 3.8) is 0 Å². The first kappa shape index (κ1) is 21.9. The van der Waals surface area contributed by atoms with Gasteiger partial charge in [0.25, 0.3) is 0 Å². The molecule has 3 rings (SSSR count). The number of carbonyl (C=O) groups is 2. The van der Waals surface area contributed by atoms with Crippen LogP contribution < -0.4 is 10.1 Å². The zero-order chi connectivity index (χ0) is 21.3. The second-order valence-electron chi connectivity index (χ2n) is 7.18. The summed E-state index contributed by atoms with van der Waals surface area (Å²) in [4.78, 5) is 30.3. The van der Waals surface area contributed by atoms with Crippen LogP contribution in [0.25, 0.3) is 0 Å². The first-order valence-corrected chi connectivity index (χ1v) is 11.2. The maximum atomic E-state index is 13.2. The van der Waals surface area contributed by atoms with E-state index in [4.69, 9.17) is 4.74 Å². The van der Waals surface area contributed by atoms with Gasteiger partial charge in [-0.1, -0.05) is 31.2 Å². The molecule has 6 nitrogen and oxygen atoms in total. The van der Waals surface area contributed by atoms with Gasteiger partial charge in [-0.3, -0.25) is 4.79 Å². The van der Waals surface area contributed by atoms with Gasteiger partial charge in [-0.25, -0.2) is 4.79 Å². The van der Waals surface area contributed by atoms with Crippen molar-refractivity contribution in [2.24, 2.45) is 0 Å². The highest BCUT2D eigenvalue weighted by Crippen LogP contribution is 2.34. The summed E-state index contributed by atoms with van der Waals surface area (Å²) in [6.45, 7) is 7.63. The van der Waals surface area contributed by atoms with Crippen LogP contribution in [0.4, 0.5) is 4.79 Å². The maximum Gasteiger partial charge on any atom is 0.318 e. The lowest BCUT2D eigenvalue weighted by Crippen LogP contribution is -2.50. The number of nitrogens with one attached hydrogen (secondary N) is 1. The zero-order valence-corrected chi connectivity index (χ0v) is 18.2. The van der Waals surface area contributed by atoms with E-state index in [2.05, 4.69) is 23.3 Å². The van der Waals surface area contributed by atoms with Crippen LogP contribution in [-0.2, 0) is 11.2 Å². The van der Waals surface area contributed by atoms with E-state index in [0.29, 0.717) is 26.2 Å². The molecule has 1 N–H and O–H groups in total. The van der Waals surface area contributed by atoms with Crippen LogP contribution in [0.15, 0.2) is 54.4 Å². The lowest BCUT2D eigenvalue weighted by atomic mass is 10.0. The maximum absolute atomic E-state index is 13.2. The normalized spacial score (nSPS) is 15.2. The molecule has 160 valence electrons. The van der Waals surface area contributed by atoms with Crippen molar-refractivity contribution in [2.75, 3.05) is 32.8 Å². The summed E-state index contributed by atoms with van der Waals surface area (Å²) in [6.07, 6.45) is 3.31. The Balaban J connectivity index is 1.73. The Kier molecular flexibility index (Phi) is 7.90. The molecule has 0 aliphatic carbocycles. The van der Waals surface area contributed by atoms with Crippen molar-refractivity contribution >= 4 is 23.3 Å². The van der Waals surface area contributed by atoms with E-state index in [9.17, 15) is 9.59 Å². The highest BCUT2D eigenvalue weighted by molar-refractivity contribution is 7.10. The molecule has 1 aliphatic heterocycles. The number of carbonyl (C=O) groups excluding carboxylic acids is 2. The van der Waals surface area contributed by atoms with Crippen LogP contribution in [-0.4, -0.2) is 54.5 Å². The molecular weight excluding hydrogens is 398 g/mol. The molecule has 2 heterocycles. The van der Waals surface area contributed by atoms with Crippen LogP contribution in [0.5, 0.6) is 5.75 Å². The molecule has 3 amide bonds. The fourth-order valence-corrected chi connectivity index (χ4v) is 4.47. The third-order valence-corrected chi connectivity index (χ3v) is 6.05. The number of nitrogens with zero attached hydrogens (tertiary/aromatic N) is 2. The topological polar surface area (TPSA) is 61.9 Å². The fourth-order valence-electron chi connectivity index (χ4n) is 3.54. The Morgan fingerprint density at radius 1 is 1.33 bits per heavy atom. The quantitative estimate of drug-likeness (QED) is 0.618. The third-order valence-electron chi connectivity index (χ3n) is 5.06. The Morgan fingerprint density at radius 3 is 2.87 bits per heavy atom. The first-order valence-electron chi connectivity index (χ1n) is 10.3. The minimum Gasteiger partial charge on any atom is -0.491 e. The van der Waals surface area contributed by atoms with Crippen molar-refractivity contribution in [2.45, 2.75) is 25.8 Å². The Bertz CT molecular complexity index is 852. The molecule has 0 saturated heterocycles. The molecule has 1 aromatic carbocycles. The Morgan fingerprint density at radius 2 is 2.13 bits per heavy atom. The summed E-state index contributed by atoms with van der Waals surface area (Å²) in [5, 5.41) is 4.91. The van der Waals surface area contributed by atoms with Gasteiger partial charge in [-0.2, -0.15) is 0 Å². The Hall–Kier alpha value is -2.80. The summed E-state index contributed by atoms with van der Waals surface area (Å²) >= 11 is 1.72. The van der Waals surface area contributed by atoms with Crippen molar-refractivity contribution < 1.29 is 14.3 Å². The van der Waals surface area contributed by atoms with Crippen molar-refractivity contribution in [3.05, 3.63) is 64.9 Å². The zero-order valence-electron chi connectivity index (χ0n) is 17.4. The number of ether oxygens (including phenoxy) is 1. The Labute approximate surface area is 182 Å². The average Bonchev–Trinajstić information content (AvgIpc) is 3.25. The number of urea groups is 1. The monoisotopic (exact) mass is 427 g/mol. The van der Waals surface area contributed by atoms with Crippen LogP contribution in [0.2, 0.25) is 0 Å². The molecule has 1 unspecified atom stereocenters. The van der Waals surface area contributed by atoms with E-state index in [-0.39, 0.29) is 24.5 Å². The first-order chi connectivity index (χ1) is 14.6. The van der Waals surface area contributed by atoms with Gasteiger partial charge in [0.1, 0.15) is 18.9 Å². The summed E-state index contributed by atoms with van der Waals surface area (Å²) < 4.78 is 6.01. The van der Waals surface area contributed by atoms with Gasteiger partial charge in [0.15, 0.2) is 0 Å². The summed E-state index contributed by atoms with van der Waals surface area (Å²) in [6, 6.07) is 11.3. The second-order valence-corrected chi connectivity index (χ2v) is 8.18. The van der Waals surface area contributed by atoms with E-state index < -0.39 is 0 Å². The SMILES string of the molecule is C=CCN(CC(=O)N1CCc2sccc2C1COc1ccccc1)C(=O)NCCC. The van der Waals surface area contributed by atoms with Crippen molar-refractivity contribution in [1.29, 1.82) is 0 Å². The molecule has 0 bridgehead atoms. The lowest BCUT2D eigenvalue weighted by molar-refractivity contribution is -0.135. The van der Waals surface area contributed by atoms with E-state index >= 15 is 0 Å². The largest absolute Gasteiger partial charge is 0.491 e. The summed E-state index contributed by atoms with van der Waals surface area (Å²) in [7, 11) is 0. The van der Waals surface area contributed by atoms with Gasteiger partial charge in [0, 0.05) is 24.5 Å². The van der Waals surface area contributed by atoms with Crippen LogP contribution >= 0.6 is 11.3 Å². The van der Waals surface area contributed by atoms with Crippen LogP contribution in [0.1, 0.15) is 29.8 Å². The number of benzene rings is 1. The summed E-state index contributed by atoms with van der Waals surface area (Å²) in [5.41, 5.74) is 1.14. The highest BCUT2D eigenvalue weighted by atomic mass is 32.1. The standard InChI is InChI=1S/C23H29N3O3S/c1-3-12-24-23(28)25(13-4-2)16-22(27)26-14-10-21-19(11-15-30-21)20(26)17-29-18-8-6-5-7-9-18/h4-9,11,15,20H,2-3,10,12-14,16-17H2,1H3,(H,24,28). The average molecular weight is 428 g/mol. The van der Waals surface area contributed by atoms with E-state index in [1.54, 1.807) is 17.4 Å². The predicted molar refractivity (Wildman–Crippen MR) is 120 cm³/mol. The third kappa shape index (κ3) is 5.42. The number of thiophene rings is 1. The minimum atomic E-state index is -0.240. The molecular formula is C23H29N3O3S. The number of amides is 3. The van der Waals surface area contributed by atoms with Gasteiger partial charge in [-0.15, -0.1) is 17.9 Å². The van der Waals surface area contributed by atoms with Gasteiger partial charge >= 0.3 is 6.03 Å². The van der Waals surface area contributed by atoms with Gasteiger partial charge in [0.2, 0.25) is 5.91 Å². The number of rotatable bonds is 9. The van der Waals surface area contributed by atoms with Crippen LogP contribution in [0, 0.1) is 0 Å². The molecule has 1 aliphatic rings. The number of fused-ring (bicyclic) bond motifs is 1. The lowest BCUT2D eigenvalue weighted by Gasteiger charge is -2.37. The second kappa shape index (κ2) is 10.8. The van der Waals surface area contributed by atoms with Gasteiger partial charge in [0.05, 0.1) is 6.04 Å². The molecule has 0 saturated carbocycles. The molecule has 0 spiro atoms. The van der Waals surface area contributed by atoms with Gasteiger partial charge in [-0.05, 0) is 42.0 Å². The highest BCUT2D eigenvalue weighted by Gasteiger charge is 2.33. The summed E-state index contributed by atoms with van der Waals surface area (Å²) in [5.74, 6) is 0.696. The van der Waals surface area contributed by atoms with E-state index in [1.165, 1.54) is 9.78 Å². The van der Waals surface area contributed by atoms with E-state index in [0.717, 1.165) is 24.2 Å². The molecule has 1 atom stereocenters. The molecule has 7 heteroatoms. The van der Waals surface area contributed by atoms with E-state index in [1.807, 2.05) is 42.2 Å². The van der Waals surface area contributed by atoms with Crippen LogP contribution in [0.3, 0.4) is 0 Å².